The van der Waals surface area contributed by atoms with Gasteiger partial charge in [0.15, 0.2) is 11.6 Å². The fourth-order valence-electron chi connectivity index (χ4n) is 1.78. The first-order chi connectivity index (χ1) is 8.08. The van der Waals surface area contributed by atoms with Gasteiger partial charge in [-0.1, -0.05) is 12.1 Å². The zero-order valence-corrected chi connectivity index (χ0v) is 9.83. The summed E-state index contributed by atoms with van der Waals surface area (Å²) in [5.74, 6) is 0.510. The summed E-state index contributed by atoms with van der Waals surface area (Å²) < 4.78 is 19.1. The van der Waals surface area contributed by atoms with Crippen molar-refractivity contribution in [3.8, 4) is 11.5 Å². The molecule has 88 valence electrons. The number of para-hydroxylation sites is 1. The Balaban J connectivity index is 2.40. The summed E-state index contributed by atoms with van der Waals surface area (Å²) in [6, 6.07) is 9.96. The highest BCUT2D eigenvalue weighted by Crippen LogP contribution is 2.31. The molecule has 0 spiro atoms. The molecule has 0 amide bonds. The van der Waals surface area contributed by atoms with E-state index in [0.29, 0.717) is 11.4 Å². The zero-order valence-electron chi connectivity index (χ0n) is 9.83. The lowest BCUT2D eigenvalue weighted by molar-refractivity contribution is 0.437. The third kappa shape index (κ3) is 2.38. The molecule has 0 aliphatic carbocycles. The number of aryl methyl sites for hydroxylation is 2. The summed E-state index contributed by atoms with van der Waals surface area (Å²) in [6.07, 6.45) is 0. The molecule has 2 aromatic rings. The molecule has 0 atom stereocenters. The second-order valence-corrected chi connectivity index (χ2v) is 4.02. The molecule has 0 aliphatic heterocycles. The van der Waals surface area contributed by atoms with Crippen LogP contribution in [0.1, 0.15) is 11.1 Å². The summed E-state index contributed by atoms with van der Waals surface area (Å²) in [4.78, 5) is 0. The number of hydrogen-bond donors (Lipinski definition) is 1. The predicted molar refractivity (Wildman–Crippen MR) is 66.8 cm³/mol. The van der Waals surface area contributed by atoms with Crippen molar-refractivity contribution in [2.75, 3.05) is 5.73 Å². The molecule has 2 rings (SSSR count). The molecule has 0 aliphatic rings. The van der Waals surface area contributed by atoms with Crippen LogP contribution in [0.2, 0.25) is 0 Å². The molecule has 0 heterocycles. The number of rotatable bonds is 2. The lowest BCUT2D eigenvalue weighted by atomic mass is 10.1. The van der Waals surface area contributed by atoms with Crippen LogP contribution in [0.5, 0.6) is 11.5 Å². The molecule has 2 N–H and O–H groups in total. The van der Waals surface area contributed by atoms with E-state index in [1.165, 1.54) is 6.07 Å². The van der Waals surface area contributed by atoms with E-state index in [4.69, 9.17) is 10.5 Å². The number of nitrogen functional groups attached to an aromatic ring is 1. The fourth-order valence-corrected chi connectivity index (χ4v) is 1.78. The van der Waals surface area contributed by atoms with E-state index in [9.17, 15) is 4.39 Å². The maximum atomic E-state index is 13.5. The van der Waals surface area contributed by atoms with Crippen molar-refractivity contribution >= 4 is 5.69 Å². The first-order valence-corrected chi connectivity index (χ1v) is 5.37. The Bertz CT molecular complexity index is 529. The Morgan fingerprint density at radius 1 is 1.06 bits per heavy atom. The highest BCUT2D eigenvalue weighted by Gasteiger charge is 2.09. The minimum atomic E-state index is -0.372. The van der Waals surface area contributed by atoms with Crippen LogP contribution in [0.15, 0.2) is 36.4 Å². The van der Waals surface area contributed by atoms with Crippen molar-refractivity contribution in [2.24, 2.45) is 0 Å². The molecule has 17 heavy (non-hydrogen) atoms. The van der Waals surface area contributed by atoms with Crippen LogP contribution in [-0.2, 0) is 0 Å². The molecule has 3 heteroatoms. The summed E-state index contributed by atoms with van der Waals surface area (Å²) in [5, 5.41) is 0. The molecule has 0 saturated heterocycles. The smallest absolute Gasteiger partial charge is 0.165 e. The van der Waals surface area contributed by atoms with Gasteiger partial charge in [0.2, 0.25) is 0 Å². The first kappa shape index (κ1) is 11.5. The number of anilines is 1. The maximum Gasteiger partial charge on any atom is 0.165 e. The third-order valence-corrected chi connectivity index (χ3v) is 2.53. The van der Waals surface area contributed by atoms with Gasteiger partial charge < -0.3 is 10.5 Å². The fraction of sp³-hybridized carbons (Fsp3) is 0.143. The lowest BCUT2D eigenvalue weighted by Gasteiger charge is -2.13. The van der Waals surface area contributed by atoms with Crippen LogP contribution < -0.4 is 10.5 Å². The van der Waals surface area contributed by atoms with Crippen molar-refractivity contribution in [1.82, 2.24) is 0 Å². The molecule has 0 radical (unpaired) electrons. The van der Waals surface area contributed by atoms with Gasteiger partial charge in [0, 0.05) is 5.69 Å². The van der Waals surface area contributed by atoms with E-state index in [2.05, 4.69) is 0 Å². The monoisotopic (exact) mass is 231 g/mol. The van der Waals surface area contributed by atoms with Crippen LogP contribution in [-0.4, -0.2) is 0 Å². The van der Waals surface area contributed by atoms with E-state index in [-0.39, 0.29) is 11.6 Å². The minimum absolute atomic E-state index is 0.225. The standard InChI is InChI=1S/C14H14FNO/c1-9-7-11(16)8-10(2)14(9)17-13-6-4-3-5-12(13)15/h3-8H,16H2,1-2H3. The van der Waals surface area contributed by atoms with Gasteiger partial charge in [0.25, 0.3) is 0 Å². The van der Waals surface area contributed by atoms with Crippen molar-refractivity contribution in [3.05, 3.63) is 53.3 Å². The topological polar surface area (TPSA) is 35.2 Å². The molecular weight excluding hydrogens is 217 g/mol. The summed E-state index contributed by atoms with van der Waals surface area (Å²) >= 11 is 0. The Morgan fingerprint density at radius 2 is 1.65 bits per heavy atom. The van der Waals surface area contributed by atoms with Gasteiger partial charge in [-0.05, 0) is 49.2 Å². The maximum absolute atomic E-state index is 13.5. The molecule has 2 aromatic carbocycles. The van der Waals surface area contributed by atoms with Gasteiger partial charge in [-0.3, -0.25) is 0 Å². The van der Waals surface area contributed by atoms with E-state index in [1.54, 1.807) is 18.2 Å². The van der Waals surface area contributed by atoms with Crippen LogP contribution in [0.3, 0.4) is 0 Å². The molecule has 0 unspecified atom stereocenters. The SMILES string of the molecule is Cc1cc(N)cc(C)c1Oc1ccccc1F. The second-order valence-electron chi connectivity index (χ2n) is 4.02. The molecule has 0 aromatic heterocycles. The van der Waals surface area contributed by atoms with Crippen molar-refractivity contribution in [1.29, 1.82) is 0 Å². The van der Waals surface area contributed by atoms with Crippen LogP contribution in [0.25, 0.3) is 0 Å². The normalized spacial score (nSPS) is 10.3. The number of nitrogens with two attached hydrogens (primary N) is 1. The van der Waals surface area contributed by atoms with Gasteiger partial charge in [0.05, 0.1) is 0 Å². The molecule has 0 bridgehead atoms. The van der Waals surface area contributed by atoms with Crippen molar-refractivity contribution in [3.63, 3.8) is 0 Å². The van der Waals surface area contributed by atoms with Gasteiger partial charge in [-0.2, -0.15) is 0 Å². The molecular formula is C14H14FNO. The van der Waals surface area contributed by atoms with E-state index in [0.717, 1.165) is 11.1 Å². The Kier molecular flexibility index (Phi) is 3.00. The van der Waals surface area contributed by atoms with Crippen molar-refractivity contribution in [2.45, 2.75) is 13.8 Å². The number of halogens is 1. The predicted octanol–water partition coefficient (Wildman–Crippen LogP) is 3.82. The highest BCUT2D eigenvalue weighted by atomic mass is 19.1. The van der Waals surface area contributed by atoms with E-state index < -0.39 is 0 Å². The molecule has 2 nitrogen and oxygen atoms in total. The Morgan fingerprint density at radius 3 is 2.24 bits per heavy atom. The van der Waals surface area contributed by atoms with Crippen LogP contribution >= 0.6 is 0 Å². The molecule has 0 fully saturated rings. The average molecular weight is 231 g/mol. The second kappa shape index (κ2) is 4.45. The lowest BCUT2D eigenvalue weighted by Crippen LogP contribution is -1.95. The summed E-state index contributed by atoms with van der Waals surface area (Å²) in [5.41, 5.74) is 8.19. The van der Waals surface area contributed by atoms with Crippen LogP contribution in [0, 0.1) is 19.7 Å². The number of hydrogen-bond acceptors (Lipinski definition) is 2. The third-order valence-electron chi connectivity index (χ3n) is 2.53. The van der Waals surface area contributed by atoms with Crippen LogP contribution in [0.4, 0.5) is 10.1 Å². The Labute approximate surface area is 99.8 Å². The van der Waals surface area contributed by atoms with Gasteiger partial charge in [0.1, 0.15) is 5.75 Å². The summed E-state index contributed by atoms with van der Waals surface area (Å²) in [7, 11) is 0. The minimum Gasteiger partial charge on any atom is -0.454 e. The summed E-state index contributed by atoms with van der Waals surface area (Å²) in [6.45, 7) is 3.78. The largest absolute Gasteiger partial charge is 0.454 e. The van der Waals surface area contributed by atoms with E-state index in [1.807, 2.05) is 26.0 Å². The first-order valence-electron chi connectivity index (χ1n) is 5.37. The van der Waals surface area contributed by atoms with E-state index >= 15 is 0 Å². The molecule has 0 saturated carbocycles. The van der Waals surface area contributed by atoms with Gasteiger partial charge in [-0.25, -0.2) is 4.39 Å². The quantitative estimate of drug-likeness (QED) is 0.797. The number of benzene rings is 2. The zero-order chi connectivity index (χ0) is 12.4. The number of ether oxygens (including phenoxy) is 1. The highest BCUT2D eigenvalue weighted by molar-refractivity contribution is 5.53. The van der Waals surface area contributed by atoms with Gasteiger partial charge >= 0.3 is 0 Å². The Hall–Kier alpha value is -2.03. The van der Waals surface area contributed by atoms with Crippen molar-refractivity contribution < 1.29 is 9.13 Å². The average Bonchev–Trinajstić information content (AvgIpc) is 2.25. The van der Waals surface area contributed by atoms with Gasteiger partial charge in [-0.15, -0.1) is 0 Å².